The Morgan fingerprint density at radius 2 is 2.00 bits per heavy atom. The van der Waals surface area contributed by atoms with Crippen LogP contribution in [0.15, 0.2) is 0 Å². The normalized spacial score (nSPS) is 20.3. The van der Waals surface area contributed by atoms with Crippen molar-refractivity contribution in [3.8, 4) is 0 Å². The molecule has 1 saturated heterocycles. The number of hydrogen-bond acceptors (Lipinski definition) is 2. The number of thiocarbonyl (C=S) groups is 1. The summed E-state index contributed by atoms with van der Waals surface area (Å²) in [5.41, 5.74) is 5.96. The highest BCUT2D eigenvalue weighted by atomic mass is 32.1. The molecule has 4 heteroatoms. The third-order valence-corrected chi connectivity index (χ3v) is 4.58. The maximum atomic E-state index is 12.3. The Bertz CT molecular complexity index is 300. The minimum absolute atomic E-state index is 0.128. The SMILES string of the molecule is CCC(C(=O)N1CCC(CC)(CC)C1)C(N)=S. The van der Waals surface area contributed by atoms with E-state index in [0.717, 1.165) is 32.4 Å². The number of hydrogen-bond donors (Lipinski definition) is 1. The van der Waals surface area contributed by atoms with E-state index in [1.807, 2.05) is 11.8 Å². The first-order valence-electron chi connectivity index (χ1n) is 6.57. The first-order chi connectivity index (χ1) is 7.99. The van der Waals surface area contributed by atoms with Gasteiger partial charge in [0.15, 0.2) is 0 Å². The molecule has 98 valence electrons. The number of nitrogens with zero attached hydrogens (tertiary/aromatic N) is 1. The molecule has 0 radical (unpaired) electrons. The highest BCUT2D eigenvalue weighted by molar-refractivity contribution is 7.80. The third-order valence-electron chi connectivity index (χ3n) is 4.30. The van der Waals surface area contributed by atoms with Gasteiger partial charge in [0.05, 0.1) is 10.9 Å². The molecule has 1 rings (SSSR count). The van der Waals surface area contributed by atoms with Gasteiger partial charge in [0.1, 0.15) is 0 Å². The Morgan fingerprint density at radius 3 is 2.35 bits per heavy atom. The van der Waals surface area contributed by atoms with Crippen molar-refractivity contribution in [3.63, 3.8) is 0 Å². The van der Waals surface area contributed by atoms with E-state index in [4.69, 9.17) is 18.0 Å². The predicted molar refractivity (Wildman–Crippen MR) is 74.8 cm³/mol. The summed E-state index contributed by atoms with van der Waals surface area (Å²) in [5.74, 6) is -0.140. The average Bonchev–Trinajstić information content (AvgIpc) is 2.74. The van der Waals surface area contributed by atoms with Crippen molar-refractivity contribution in [2.45, 2.75) is 46.5 Å². The average molecular weight is 256 g/mol. The van der Waals surface area contributed by atoms with Crippen LogP contribution in [0, 0.1) is 11.3 Å². The Labute approximate surface area is 110 Å². The first kappa shape index (κ1) is 14.4. The summed E-state index contributed by atoms with van der Waals surface area (Å²) in [5, 5.41) is 0. The molecule has 1 heterocycles. The van der Waals surface area contributed by atoms with Crippen LogP contribution in [-0.4, -0.2) is 28.9 Å². The number of carbonyl (C=O) groups excluding carboxylic acids is 1. The van der Waals surface area contributed by atoms with Crippen LogP contribution in [0.4, 0.5) is 0 Å². The van der Waals surface area contributed by atoms with Gasteiger partial charge in [-0.2, -0.15) is 0 Å². The van der Waals surface area contributed by atoms with Gasteiger partial charge in [-0.1, -0.05) is 33.0 Å². The monoisotopic (exact) mass is 256 g/mol. The van der Waals surface area contributed by atoms with Crippen molar-refractivity contribution >= 4 is 23.1 Å². The van der Waals surface area contributed by atoms with Crippen LogP contribution in [0.25, 0.3) is 0 Å². The van der Waals surface area contributed by atoms with Crippen LogP contribution in [0.1, 0.15) is 46.5 Å². The van der Waals surface area contributed by atoms with Crippen LogP contribution >= 0.6 is 12.2 Å². The van der Waals surface area contributed by atoms with E-state index in [9.17, 15) is 4.79 Å². The number of likely N-dealkylation sites (tertiary alicyclic amines) is 1. The molecule has 0 aromatic carbocycles. The molecule has 2 N–H and O–H groups in total. The molecule has 0 bridgehead atoms. The van der Waals surface area contributed by atoms with E-state index in [0.29, 0.717) is 16.8 Å². The number of carbonyl (C=O) groups is 1. The molecular weight excluding hydrogens is 232 g/mol. The second-order valence-electron chi connectivity index (χ2n) is 5.08. The van der Waals surface area contributed by atoms with Gasteiger partial charge in [-0.25, -0.2) is 0 Å². The Kier molecular flexibility index (Phi) is 4.92. The molecular formula is C13H24N2OS. The van der Waals surface area contributed by atoms with Crippen molar-refractivity contribution in [3.05, 3.63) is 0 Å². The molecule has 1 fully saturated rings. The molecule has 1 amide bonds. The lowest BCUT2D eigenvalue weighted by Gasteiger charge is -2.27. The summed E-state index contributed by atoms with van der Waals surface area (Å²) in [7, 11) is 0. The minimum Gasteiger partial charge on any atom is -0.393 e. The van der Waals surface area contributed by atoms with E-state index >= 15 is 0 Å². The zero-order valence-electron chi connectivity index (χ0n) is 11.2. The topological polar surface area (TPSA) is 46.3 Å². The van der Waals surface area contributed by atoms with Crippen LogP contribution < -0.4 is 5.73 Å². The lowest BCUT2D eigenvalue weighted by atomic mass is 9.82. The molecule has 1 aliphatic rings. The fraction of sp³-hybridized carbons (Fsp3) is 0.846. The highest BCUT2D eigenvalue weighted by Crippen LogP contribution is 2.37. The third kappa shape index (κ3) is 2.97. The zero-order chi connectivity index (χ0) is 13.1. The first-order valence-corrected chi connectivity index (χ1v) is 6.98. The van der Waals surface area contributed by atoms with Crippen molar-refractivity contribution in [2.75, 3.05) is 13.1 Å². The quantitative estimate of drug-likeness (QED) is 0.768. The van der Waals surface area contributed by atoms with Gasteiger partial charge < -0.3 is 10.6 Å². The molecule has 1 aliphatic heterocycles. The Hall–Kier alpha value is -0.640. The minimum atomic E-state index is -0.269. The lowest BCUT2D eigenvalue weighted by Crippen LogP contribution is -2.40. The smallest absolute Gasteiger partial charge is 0.232 e. The van der Waals surface area contributed by atoms with E-state index in [-0.39, 0.29) is 11.8 Å². The van der Waals surface area contributed by atoms with Gasteiger partial charge in [-0.05, 0) is 31.1 Å². The fourth-order valence-corrected chi connectivity index (χ4v) is 2.94. The fourth-order valence-electron chi connectivity index (χ4n) is 2.67. The number of amides is 1. The van der Waals surface area contributed by atoms with Crippen molar-refractivity contribution in [2.24, 2.45) is 17.1 Å². The van der Waals surface area contributed by atoms with Crippen molar-refractivity contribution in [1.82, 2.24) is 4.90 Å². The maximum absolute atomic E-state index is 12.3. The van der Waals surface area contributed by atoms with E-state index in [1.165, 1.54) is 0 Å². The van der Waals surface area contributed by atoms with Gasteiger partial charge in [-0.3, -0.25) is 4.79 Å². The molecule has 3 nitrogen and oxygen atoms in total. The van der Waals surface area contributed by atoms with E-state index in [1.54, 1.807) is 0 Å². The second-order valence-corrected chi connectivity index (χ2v) is 5.55. The summed E-state index contributed by atoms with van der Waals surface area (Å²) < 4.78 is 0. The Balaban J connectivity index is 2.70. The lowest BCUT2D eigenvalue weighted by molar-refractivity contribution is -0.132. The molecule has 1 atom stereocenters. The summed E-state index contributed by atoms with van der Waals surface area (Å²) in [6.07, 6.45) is 4.09. The van der Waals surface area contributed by atoms with Crippen LogP contribution in [0.3, 0.4) is 0 Å². The van der Waals surface area contributed by atoms with Gasteiger partial charge in [0.25, 0.3) is 0 Å². The van der Waals surface area contributed by atoms with Crippen LogP contribution in [-0.2, 0) is 4.79 Å². The highest BCUT2D eigenvalue weighted by Gasteiger charge is 2.38. The second kappa shape index (κ2) is 5.80. The predicted octanol–water partition coefficient (Wildman–Crippen LogP) is 2.34. The summed E-state index contributed by atoms with van der Waals surface area (Å²) >= 11 is 4.97. The molecule has 17 heavy (non-hydrogen) atoms. The van der Waals surface area contributed by atoms with Gasteiger partial charge in [0, 0.05) is 13.1 Å². The molecule has 0 saturated carbocycles. The summed E-state index contributed by atoms with van der Waals surface area (Å²) in [4.78, 5) is 14.6. The van der Waals surface area contributed by atoms with Crippen molar-refractivity contribution in [1.29, 1.82) is 0 Å². The van der Waals surface area contributed by atoms with Crippen LogP contribution in [0.5, 0.6) is 0 Å². The number of rotatable bonds is 5. The standard InChI is InChI=1S/C13H24N2OS/c1-4-10(11(14)17)12(16)15-8-7-13(5-2,6-3)9-15/h10H,4-9H2,1-3H3,(H2,14,17). The largest absolute Gasteiger partial charge is 0.393 e. The van der Waals surface area contributed by atoms with Crippen molar-refractivity contribution < 1.29 is 4.79 Å². The summed E-state index contributed by atoms with van der Waals surface area (Å²) in [6.45, 7) is 8.12. The maximum Gasteiger partial charge on any atom is 0.232 e. The van der Waals surface area contributed by atoms with Crippen LogP contribution in [0.2, 0.25) is 0 Å². The molecule has 0 spiro atoms. The number of nitrogens with two attached hydrogens (primary N) is 1. The van der Waals surface area contributed by atoms with Gasteiger partial charge >= 0.3 is 0 Å². The van der Waals surface area contributed by atoms with E-state index < -0.39 is 0 Å². The summed E-state index contributed by atoms with van der Waals surface area (Å²) in [6, 6.07) is 0. The Morgan fingerprint density at radius 1 is 1.41 bits per heavy atom. The molecule has 1 unspecified atom stereocenters. The molecule has 0 aromatic rings. The van der Waals surface area contributed by atoms with Gasteiger partial charge in [0.2, 0.25) is 5.91 Å². The van der Waals surface area contributed by atoms with E-state index in [2.05, 4.69) is 13.8 Å². The molecule has 0 aliphatic carbocycles. The molecule has 0 aromatic heterocycles. The zero-order valence-corrected chi connectivity index (χ0v) is 12.0. The van der Waals surface area contributed by atoms with Gasteiger partial charge in [-0.15, -0.1) is 0 Å².